The van der Waals surface area contributed by atoms with Crippen LogP contribution in [0.5, 0.6) is 5.75 Å². The van der Waals surface area contributed by atoms with Crippen LogP contribution < -0.4 is 15.4 Å². The number of carbonyl (C=O) groups excluding carboxylic acids is 1. The molecule has 0 aliphatic carbocycles. The Kier molecular flexibility index (Phi) is 8.37. The summed E-state index contributed by atoms with van der Waals surface area (Å²) in [5.41, 5.74) is 0.971. The Morgan fingerprint density at radius 2 is 2.17 bits per heavy atom. The van der Waals surface area contributed by atoms with Crippen LogP contribution in [-0.4, -0.2) is 36.3 Å². The molecular formula is C17H27ClN2O3. The van der Waals surface area contributed by atoms with E-state index in [0.717, 1.165) is 17.7 Å². The Bertz CT molecular complexity index is 496. The molecule has 6 heteroatoms. The van der Waals surface area contributed by atoms with Gasteiger partial charge in [-0.1, -0.05) is 32.0 Å². The van der Waals surface area contributed by atoms with E-state index >= 15 is 0 Å². The molecule has 1 aromatic rings. The molecular weight excluding hydrogens is 316 g/mol. The van der Waals surface area contributed by atoms with Crippen molar-refractivity contribution in [3.05, 3.63) is 29.8 Å². The number of aliphatic hydroxyl groups is 1. The summed E-state index contributed by atoms with van der Waals surface area (Å²) in [6.07, 6.45) is 1.05. The van der Waals surface area contributed by atoms with E-state index in [0.29, 0.717) is 32.0 Å². The quantitative estimate of drug-likeness (QED) is 0.707. The highest BCUT2D eigenvalue weighted by Crippen LogP contribution is 2.18. The fourth-order valence-electron chi connectivity index (χ4n) is 2.42. The summed E-state index contributed by atoms with van der Waals surface area (Å²) in [4.78, 5) is 12.1. The molecule has 1 fully saturated rings. The highest BCUT2D eigenvalue weighted by atomic mass is 35.5. The molecule has 1 aliphatic rings. The van der Waals surface area contributed by atoms with Gasteiger partial charge in [0.1, 0.15) is 5.75 Å². The molecule has 130 valence electrons. The predicted octanol–water partition coefficient (Wildman–Crippen LogP) is 1.87. The second-order valence-corrected chi connectivity index (χ2v) is 6.21. The van der Waals surface area contributed by atoms with Crippen molar-refractivity contribution in [2.75, 3.05) is 13.2 Å². The van der Waals surface area contributed by atoms with Crippen LogP contribution in [0.4, 0.5) is 0 Å². The van der Waals surface area contributed by atoms with Crippen molar-refractivity contribution >= 4 is 18.3 Å². The lowest BCUT2D eigenvalue weighted by Crippen LogP contribution is -2.40. The lowest BCUT2D eigenvalue weighted by molar-refractivity contribution is -0.123. The van der Waals surface area contributed by atoms with Crippen LogP contribution in [-0.2, 0) is 11.3 Å². The van der Waals surface area contributed by atoms with Crippen LogP contribution in [0.3, 0.4) is 0 Å². The Balaban J connectivity index is 0.00000264. The summed E-state index contributed by atoms with van der Waals surface area (Å²) in [5, 5.41) is 15.4. The van der Waals surface area contributed by atoms with E-state index in [1.807, 2.05) is 24.3 Å². The first-order chi connectivity index (χ1) is 10.6. The fraction of sp³-hybridized carbons (Fsp3) is 0.588. The number of amides is 1. The van der Waals surface area contributed by atoms with Gasteiger partial charge < -0.3 is 20.5 Å². The summed E-state index contributed by atoms with van der Waals surface area (Å²) in [6.45, 7) is 5.92. The Hall–Kier alpha value is -1.30. The number of halogens is 1. The van der Waals surface area contributed by atoms with Crippen LogP contribution in [0.1, 0.15) is 32.3 Å². The first kappa shape index (κ1) is 19.7. The smallest absolute Gasteiger partial charge is 0.237 e. The van der Waals surface area contributed by atoms with Crippen molar-refractivity contribution in [3.8, 4) is 5.75 Å². The molecule has 1 heterocycles. The lowest BCUT2D eigenvalue weighted by Gasteiger charge is -2.15. The van der Waals surface area contributed by atoms with E-state index in [4.69, 9.17) is 4.74 Å². The number of nitrogens with one attached hydrogen (secondary N) is 2. The predicted molar refractivity (Wildman–Crippen MR) is 92.9 cm³/mol. The van der Waals surface area contributed by atoms with Crippen molar-refractivity contribution in [1.29, 1.82) is 0 Å². The molecule has 1 aromatic carbocycles. The first-order valence-electron chi connectivity index (χ1n) is 7.96. The molecule has 0 bridgehead atoms. The molecule has 0 radical (unpaired) electrons. The third kappa shape index (κ3) is 6.37. The van der Waals surface area contributed by atoms with Crippen LogP contribution in [0, 0.1) is 5.92 Å². The van der Waals surface area contributed by atoms with Gasteiger partial charge in [0, 0.05) is 18.7 Å². The molecule has 0 saturated carbocycles. The van der Waals surface area contributed by atoms with Crippen LogP contribution >= 0.6 is 12.4 Å². The Labute approximate surface area is 144 Å². The van der Waals surface area contributed by atoms with Crippen molar-refractivity contribution < 1.29 is 14.6 Å². The number of carbonyl (C=O) groups is 1. The molecule has 23 heavy (non-hydrogen) atoms. The van der Waals surface area contributed by atoms with Gasteiger partial charge in [0.05, 0.1) is 18.8 Å². The maximum atomic E-state index is 12.1. The normalized spacial score (nSPS) is 20.2. The number of benzene rings is 1. The highest BCUT2D eigenvalue weighted by molar-refractivity contribution is 5.85. The SMILES string of the molecule is CC(C)CCOc1ccccc1CNC(=O)C1CC(O)CN1.Cl. The van der Waals surface area contributed by atoms with Crippen LogP contribution in [0.15, 0.2) is 24.3 Å². The zero-order valence-corrected chi connectivity index (χ0v) is 14.6. The molecule has 3 N–H and O–H groups in total. The summed E-state index contributed by atoms with van der Waals surface area (Å²) in [7, 11) is 0. The topological polar surface area (TPSA) is 70.6 Å². The van der Waals surface area contributed by atoms with Gasteiger partial charge in [-0.25, -0.2) is 0 Å². The average molecular weight is 343 g/mol. The minimum absolute atomic E-state index is 0. The summed E-state index contributed by atoms with van der Waals surface area (Å²) in [6, 6.07) is 7.46. The first-order valence-corrected chi connectivity index (χ1v) is 7.96. The van der Waals surface area contributed by atoms with Gasteiger partial charge >= 0.3 is 0 Å². The molecule has 2 unspecified atom stereocenters. The van der Waals surface area contributed by atoms with E-state index in [1.54, 1.807) is 0 Å². The fourth-order valence-corrected chi connectivity index (χ4v) is 2.42. The lowest BCUT2D eigenvalue weighted by atomic mass is 10.1. The minimum Gasteiger partial charge on any atom is -0.493 e. The molecule has 1 aliphatic heterocycles. The Morgan fingerprint density at radius 3 is 2.83 bits per heavy atom. The summed E-state index contributed by atoms with van der Waals surface area (Å²) in [5.74, 6) is 1.35. The van der Waals surface area contributed by atoms with Gasteiger partial charge in [-0.3, -0.25) is 4.79 Å². The van der Waals surface area contributed by atoms with Gasteiger partial charge in [0.2, 0.25) is 5.91 Å². The van der Waals surface area contributed by atoms with E-state index in [-0.39, 0.29) is 24.4 Å². The zero-order valence-electron chi connectivity index (χ0n) is 13.7. The maximum absolute atomic E-state index is 12.1. The molecule has 0 aromatic heterocycles. The average Bonchev–Trinajstić information content (AvgIpc) is 2.92. The molecule has 5 nitrogen and oxygen atoms in total. The van der Waals surface area contributed by atoms with E-state index < -0.39 is 6.10 Å². The standard InChI is InChI=1S/C17H26N2O3.ClH/c1-12(2)7-8-22-16-6-4-3-5-13(16)10-19-17(21)15-9-14(20)11-18-15;/h3-6,12,14-15,18,20H,7-11H2,1-2H3,(H,19,21);1H. The van der Waals surface area contributed by atoms with Gasteiger partial charge in [0.15, 0.2) is 0 Å². The van der Waals surface area contributed by atoms with Crippen LogP contribution in [0.25, 0.3) is 0 Å². The molecule has 2 rings (SSSR count). The molecule has 1 amide bonds. The van der Waals surface area contributed by atoms with Gasteiger partial charge in [-0.05, 0) is 24.8 Å². The van der Waals surface area contributed by atoms with Crippen molar-refractivity contribution in [2.45, 2.75) is 45.4 Å². The van der Waals surface area contributed by atoms with Crippen molar-refractivity contribution in [2.24, 2.45) is 5.92 Å². The van der Waals surface area contributed by atoms with Crippen molar-refractivity contribution in [3.63, 3.8) is 0 Å². The van der Waals surface area contributed by atoms with Gasteiger partial charge in [-0.15, -0.1) is 12.4 Å². The number of β-amino-alcohol motifs (C(OH)–C–C–N with tert-alkyl or cyclic N) is 1. The second-order valence-electron chi connectivity index (χ2n) is 6.21. The molecule has 1 saturated heterocycles. The number of hydrogen-bond acceptors (Lipinski definition) is 4. The highest BCUT2D eigenvalue weighted by Gasteiger charge is 2.27. The third-order valence-electron chi connectivity index (χ3n) is 3.80. The number of ether oxygens (including phenoxy) is 1. The number of hydrogen-bond donors (Lipinski definition) is 3. The van der Waals surface area contributed by atoms with Gasteiger partial charge in [-0.2, -0.15) is 0 Å². The number of rotatable bonds is 7. The zero-order chi connectivity index (χ0) is 15.9. The summed E-state index contributed by atoms with van der Waals surface area (Å²) < 4.78 is 5.82. The third-order valence-corrected chi connectivity index (χ3v) is 3.80. The summed E-state index contributed by atoms with van der Waals surface area (Å²) >= 11 is 0. The minimum atomic E-state index is -0.428. The second kappa shape index (κ2) is 9.75. The maximum Gasteiger partial charge on any atom is 0.237 e. The molecule has 2 atom stereocenters. The molecule has 0 spiro atoms. The monoisotopic (exact) mass is 342 g/mol. The van der Waals surface area contributed by atoms with E-state index in [9.17, 15) is 9.90 Å². The van der Waals surface area contributed by atoms with Gasteiger partial charge in [0.25, 0.3) is 0 Å². The van der Waals surface area contributed by atoms with Crippen LogP contribution in [0.2, 0.25) is 0 Å². The van der Waals surface area contributed by atoms with E-state index in [2.05, 4.69) is 24.5 Å². The van der Waals surface area contributed by atoms with E-state index in [1.165, 1.54) is 0 Å². The Morgan fingerprint density at radius 1 is 1.43 bits per heavy atom. The number of aliphatic hydroxyl groups excluding tert-OH is 1. The van der Waals surface area contributed by atoms with Crippen molar-refractivity contribution in [1.82, 2.24) is 10.6 Å². The number of para-hydroxylation sites is 1. The largest absolute Gasteiger partial charge is 0.493 e.